The summed E-state index contributed by atoms with van der Waals surface area (Å²) in [6.07, 6.45) is 3.22. The van der Waals surface area contributed by atoms with Crippen LogP contribution >= 0.6 is 11.3 Å². The van der Waals surface area contributed by atoms with E-state index in [9.17, 15) is 4.79 Å². The van der Waals surface area contributed by atoms with Crippen molar-refractivity contribution in [2.45, 2.75) is 6.92 Å². The van der Waals surface area contributed by atoms with E-state index in [2.05, 4.69) is 30.9 Å². The van der Waals surface area contributed by atoms with E-state index in [1.54, 1.807) is 18.3 Å². The van der Waals surface area contributed by atoms with E-state index < -0.39 is 0 Å². The highest BCUT2D eigenvalue weighted by Gasteiger charge is 2.05. The van der Waals surface area contributed by atoms with Crippen LogP contribution in [0.4, 0.5) is 17.5 Å². The summed E-state index contributed by atoms with van der Waals surface area (Å²) in [6.45, 7) is 3.07. The molecule has 1 amide bonds. The zero-order valence-electron chi connectivity index (χ0n) is 13.7. The Bertz CT molecular complexity index is 837. The van der Waals surface area contributed by atoms with E-state index in [1.165, 1.54) is 17.7 Å². The molecule has 3 rings (SSSR count). The van der Waals surface area contributed by atoms with Crippen LogP contribution in [0.2, 0.25) is 0 Å². The Morgan fingerprint density at radius 3 is 2.72 bits per heavy atom. The van der Waals surface area contributed by atoms with Crippen molar-refractivity contribution in [3.05, 3.63) is 58.7 Å². The maximum absolute atomic E-state index is 11.8. The second-order valence-corrected chi connectivity index (χ2v) is 6.24. The Hall–Kier alpha value is -3.00. The molecule has 3 aromatic rings. The van der Waals surface area contributed by atoms with Gasteiger partial charge in [-0.25, -0.2) is 15.0 Å². The van der Waals surface area contributed by atoms with Gasteiger partial charge in [-0.1, -0.05) is 6.07 Å². The standard InChI is InChI=1S/C17H18N6OS/c1-12-4-5-18-15(9-12)23-16-10-14(21-11-22-16)19-6-7-20-17(24)13-3-2-8-25-13/h2-5,8-11H,6-7H2,1H3,(H,20,24)(H2,18,19,21,22,23). The minimum atomic E-state index is -0.0626. The summed E-state index contributed by atoms with van der Waals surface area (Å²) < 4.78 is 0. The van der Waals surface area contributed by atoms with Crippen molar-refractivity contribution in [1.82, 2.24) is 20.3 Å². The number of thiophene rings is 1. The maximum Gasteiger partial charge on any atom is 0.261 e. The average Bonchev–Trinajstić information content (AvgIpc) is 3.14. The van der Waals surface area contributed by atoms with Crippen LogP contribution in [-0.4, -0.2) is 33.9 Å². The van der Waals surface area contributed by atoms with E-state index in [-0.39, 0.29) is 5.91 Å². The number of carbonyl (C=O) groups is 1. The van der Waals surface area contributed by atoms with Crippen molar-refractivity contribution in [2.24, 2.45) is 0 Å². The van der Waals surface area contributed by atoms with E-state index in [0.29, 0.717) is 29.6 Å². The van der Waals surface area contributed by atoms with Crippen molar-refractivity contribution in [1.29, 1.82) is 0 Å². The minimum absolute atomic E-state index is 0.0626. The molecule has 7 nitrogen and oxygen atoms in total. The van der Waals surface area contributed by atoms with Gasteiger partial charge in [-0.2, -0.15) is 0 Å². The number of hydrogen-bond donors (Lipinski definition) is 3. The topological polar surface area (TPSA) is 91.8 Å². The van der Waals surface area contributed by atoms with Gasteiger partial charge in [0.15, 0.2) is 0 Å². The van der Waals surface area contributed by atoms with E-state index in [1.807, 2.05) is 30.5 Å². The third-order valence-electron chi connectivity index (χ3n) is 3.30. The average molecular weight is 354 g/mol. The summed E-state index contributed by atoms with van der Waals surface area (Å²) in [5.74, 6) is 1.99. The number of nitrogens with one attached hydrogen (secondary N) is 3. The Balaban J connectivity index is 1.49. The summed E-state index contributed by atoms with van der Waals surface area (Å²) in [5, 5.41) is 11.0. The van der Waals surface area contributed by atoms with Crippen LogP contribution in [0.1, 0.15) is 15.2 Å². The molecule has 0 aromatic carbocycles. The highest BCUT2D eigenvalue weighted by molar-refractivity contribution is 7.12. The Morgan fingerprint density at radius 1 is 1.08 bits per heavy atom. The number of amides is 1. The molecule has 0 bridgehead atoms. The number of carbonyl (C=O) groups excluding carboxylic acids is 1. The van der Waals surface area contributed by atoms with Crippen LogP contribution in [0.3, 0.4) is 0 Å². The van der Waals surface area contributed by atoms with Crippen molar-refractivity contribution in [3.8, 4) is 0 Å². The van der Waals surface area contributed by atoms with Gasteiger partial charge >= 0.3 is 0 Å². The van der Waals surface area contributed by atoms with Crippen molar-refractivity contribution in [2.75, 3.05) is 23.7 Å². The van der Waals surface area contributed by atoms with Crippen molar-refractivity contribution >= 4 is 34.7 Å². The van der Waals surface area contributed by atoms with Crippen LogP contribution < -0.4 is 16.0 Å². The first-order chi connectivity index (χ1) is 12.2. The molecule has 128 valence electrons. The molecule has 25 heavy (non-hydrogen) atoms. The Morgan fingerprint density at radius 2 is 1.92 bits per heavy atom. The third kappa shape index (κ3) is 4.98. The molecular weight excluding hydrogens is 336 g/mol. The molecule has 0 aliphatic carbocycles. The first-order valence-electron chi connectivity index (χ1n) is 7.78. The minimum Gasteiger partial charge on any atom is -0.368 e. The van der Waals surface area contributed by atoms with Gasteiger partial charge in [-0.15, -0.1) is 11.3 Å². The van der Waals surface area contributed by atoms with Gasteiger partial charge in [0.05, 0.1) is 4.88 Å². The van der Waals surface area contributed by atoms with Crippen LogP contribution in [0.25, 0.3) is 0 Å². The smallest absolute Gasteiger partial charge is 0.261 e. The van der Waals surface area contributed by atoms with Gasteiger partial charge in [0, 0.05) is 25.4 Å². The zero-order chi connectivity index (χ0) is 17.5. The fraction of sp³-hybridized carbons (Fsp3) is 0.176. The predicted molar refractivity (Wildman–Crippen MR) is 99.4 cm³/mol. The van der Waals surface area contributed by atoms with Crippen molar-refractivity contribution in [3.63, 3.8) is 0 Å². The lowest BCUT2D eigenvalue weighted by molar-refractivity contribution is 0.0959. The predicted octanol–water partition coefficient (Wildman–Crippen LogP) is 2.83. The molecule has 0 saturated carbocycles. The van der Waals surface area contributed by atoms with Crippen LogP contribution in [-0.2, 0) is 0 Å². The molecule has 0 aliphatic rings. The van der Waals surface area contributed by atoms with Gasteiger partial charge < -0.3 is 16.0 Å². The Labute approximate surface area is 149 Å². The molecular formula is C17H18N6OS. The second kappa shape index (κ2) is 8.20. The fourth-order valence-corrected chi connectivity index (χ4v) is 2.76. The number of hydrogen-bond acceptors (Lipinski definition) is 7. The number of rotatable bonds is 7. The van der Waals surface area contributed by atoms with E-state index in [4.69, 9.17) is 0 Å². The molecule has 0 unspecified atom stereocenters. The molecule has 0 fully saturated rings. The second-order valence-electron chi connectivity index (χ2n) is 5.29. The van der Waals surface area contributed by atoms with Gasteiger partial charge in [-0.05, 0) is 36.1 Å². The summed E-state index contributed by atoms with van der Waals surface area (Å²) >= 11 is 1.42. The highest BCUT2D eigenvalue weighted by Crippen LogP contribution is 2.14. The molecule has 0 radical (unpaired) electrons. The van der Waals surface area contributed by atoms with Gasteiger partial charge in [0.1, 0.15) is 23.8 Å². The summed E-state index contributed by atoms with van der Waals surface area (Å²) in [6, 6.07) is 9.33. The number of nitrogens with zero attached hydrogens (tertiary/aromatic N) is 3. The third-order valence-corrected chi connectivity index (χ3v) is 4.17. The molecule has 0 aliphatic heterocycles. The summed E-state index contributed by atoms with van der Waals surface area (Å²) in [7, 11) is 0. The zero-order valence-corrected chi connectivity index (χ0v) is 14.5. The maximum atomic E-state index is 11.8. The lowest BCUT2D eigenvalue weighted by Crippen LogP contribution is -2.28. The number of pyridine rings is 1. The monoisotopic (exact) mass is 354 g/mol. The number of aryl methyl sites for hydroxylation is 1. The van der Waals surface area contributed by atoms with E-state index in [0.717, 1.165) is 11.4 Å². The van der Waals surface area contributed by atoms with Crippen LogP contribution in [0, 0.1) is 6.92 Å². The van der Waals surface area contributed by atoms with Crippen LogP contribution in [0.15, 0.2) is 48.2 Å². The first kappa shape index (κ1) is 16.8. The summed E-state index contributed by atoms with van der Waals surface area (Å²) in [5.41, 5.74) is 1.12. The summed E-state index contributed by atoms with van der Waals surface area (Å²) in [4.78, 5) is 25.1. The quantitative estimate of drug-likeness (QED) is 0.565. The lowest BCUT2D eigenvalue weighted by Gasteiger charge is -2.09. The SMILES string of the molecule is Cc1ccnc(Nc2cc(NCCNC(=O)c3cccs3)ncn2)c1. The van der Waals surface area contributed by atoms with Crippen LogP contribution in [0.5, 0.6) is 0 Å². The highest BCUT2D eigenvalue weighted by atomic mass is 32.1. The molecule has 3 heterocycles. The molecule has 8 heteroatoms. The number of aromatic nitrogens is 3. The van der Waals surface area contributed by atoms with Gasteiger partial charge in [0.2, 0.25) is 0 Å². The first-order valence-corrected chi connectivity index (χ1v) is 8.66. The molecule has 0 atom stereocenters. The fourth-order valence-electron chi connectivity index (χ4n) is 2.12. The molecule has 3 aromatic heterocycles. The van der Waals surface area contributed by atoms with E-state index >= 15 is 0 Å². The van der Waals surface area contributed by atoms with Gasteiger partial charge in [-0.3, -0.25) is 4.79 Å². The largest absolute Gasteiger partial charge is 0.368 e. The normalized spacial score (nSPS) is 10.3. The lowest BCUT2D eigenvalue weighted by atomic mass is 10.3. The molecule has 3 N–H and O–H groups in total. The van der Waals surface area contributed by atoms with Crippen molar-refractivity contribution < 1.29 is 4.79 Å². The molecule has 0 spiro atoms. The molecule has 0 saturated heterocycles. The van der Waals surface area contributed by atoms with Gasteiger partial charge in [0.25, 0.3) is 5.91 Å². The number of anilines is 3. The Kier molecular flexibility index (Phi) is 5.53.